The third-order valence-electron chi connectivity index (χ3n) is 2.12. The van der Waals surface area contributed by atoms with Crippen LogP contribution in [0.1, 0.15) is 5.56 Å². The lowest BCUT2D eigenvalue weighted by atomic mass is 10.1. The van der Waals surface area contributed by atoms with Crippen molar-refractivity contribution in [1.29, 1.82) is 0 Å². The molecule has 0 aliphatic rings. The van der Waals surface area contributed by atoms with Crippen LogP contribution in [0.5, 0.6) is 0 Å². The molecule has 1 heterocycles. The number of benzene rings is 1. The third-order valence-corrected chi connectivity index (χ3v) is 2.12. The lowest BCUT2D eigenvalue weighted by molar-refractivity contribution is -0.136. The Bertz CT molecular complexity index is 505. The van der Waals surface area contributed by atoms with E-state index in [1.54, 1.807) is 12.1 Å². The van der Waals surface area contributed by atoms with Gasteiger partial charge in [0.25, 0.3) is 0 Å². The lowest BCUT2D eigenvalue weighted by Gasteiger charge is -2.11. The zero-order valence-electron chi connectivity index (χ0n) is 7.55. The minimum Gasteiger partial charge on any atom is -0.396 e. The summed E-state index contributed by atoms with van der Waals surface area (Å²) < 4.78 is 37.4. The number of aromatic nitrogens is 1. The number of nitrogens with two attached hydrogens (primary N) is 1. The van der Waals surface area contributed by atoms with Crippen molar-refractivity contribution in [3.8, 4) is 0 Å². The van der Waals surface area contributed by atoms with Crippen LogP contribution in [-0.4, -0.2) is 4.98 Å². The van der Waals surface area contributed by atoms with E-state index in [4.69, 9.17) is 5.73 Å². The Morgan fingerprint density at radius 3 is 2.53 bits per heavy atom. The summed E-state index contributed by atoms with van der Waals surface area (Å²) in [7, 11) is 0. The average Bonchev–Trinajstić information content (AvgIpc) is 2.16. The molecule has 0 saturated heterocycles. The molecule has 0 bridgehead atoms. The van der Waals surface area contributed by atoms with Crippen LogP contribution in [0.3, 0.4) is 0 Å². The topological polar surface area (TPSA) is 38.9 Å². The maximum absolute atomic E-state index is 12.5. The molecule has 0 amide bonds. The van der Waals surface area contributed by atoms with Crippen molar-refractivity contribution in [2.75, 3.05) is 5.73 Å². The maximum atomic E-state index is 12.5. The fourth-order valence-electron chi connectivity index (χ4n) is 1.41. The van der Waals surface area contributed by atoms with Crippen molar-refractivity contribution >= 4 is 16.6 Å². The zero-order chi connectivity index (χ0) is 11.1. The van der Waals surface area contributed by atoms with Gasteiger partial charge < -0.3 is 5.73 Å². The first-order valence-electron chi connectivity index (χ1n) is 4.20. The molecule has 0 aliphatic carbocycles. The van der Waals surface area contributed by atoms with Gasteiger partial charge in [0.05, 0.1) is 16.8 Å². The van der Waals surface area contributed by atoms with Crippen LogP contribution in [0.15, 0.2) is 30.5 Å². The molecule has 2 N–H and O–H groups in total. The Hall–Kier alpha value is -1.78. The number of anilines is 1. The number of nitrogen functional groups attached to an aromatic ring is 1. The maximum Gasteiger partial charge on any atom is 0.418 e. The highest BCUT2D eigenvalue weighted by Gasteiger charge is 2.33. The summed E-state index contributed by atoms with van der Waals surface area (Å²) >= 11 is 0. The Morgan fingerprint density at radius 1 is 1.13 bits per heavy atom. The molecule has 0 fully saturated rings. The first-order chi connectivity index (χ1) is 7.00. The number of halogens is 3. The van der Waals surface area contributed by atoms with Gasteiger partial charge in [0.1, 0.15) is 0 Å². The van der Waals surface area contributed by atoms with Crippen LogP contribution in [0.4, 0.5) is 18.9 Å². The number of alkyl halides is 3. The van der Waals surface area contributed by atoms with Crippen molar-refractivity contribution < 1.29 is 13.2 Å². The molecule has 0 aliphatic heterocycles. The molecule has 2 rings (SSSR count). The van der Waals surface area contributed by atoms with Gasteiger partial charge >= 0.3 is 6.18 Å². The summed E-state index contributed by atoms with van der Waals surface area (Å²) in [6, 6.07) is 5.65. The number of rotatable bonds is 0. The van der Waals surface area contributed by atoms with Gasteiger partial charge in [-0.2, -0.15) is 13.2 Å². The van der Waals surface area contributed by atoms with E-state index in [9.17, 15) is 13.2 Å². The molecular formula is C10H7F3N2. The van der Waals surface area contributed by atoms with Gasteiger partial charge in [-0.3, -0.25) is 4.98 Å². The first-order valence-corrected chi connectivity index (χ1v) is 4.20. The van der Waals surface area contributed by atoms with Crippen molar-refractivity contribution in [2.24, 2.45) is 0 Å². The van der Waals surface area contributed by atoms with Gasteiger partial charge in [-0.05, 0) is 12.1 Å². The van der Waals surface area contributed by atoms with Crippen LogP contribution in [-0.2, 0) is 6.18 Å². The highest BCUT2D eigenvalue weighted by atomic mass is 19.4. The van der Waals surface area contributed by atoms with Crippen molar-refractivity contribution in [3.63, 3.8) is 0 Å². The molecule has 1 aromatic heterocycles. The number of nitrogens with zero attached hydrogens (tertiary/aromatic N) is 1. The molecule has 0 spiro atoms. The molecular weight excluding hydrogens is 205 g/mol. The quantitative estimate of drug-likeness (QED) is 0.682. The molecule has 78 valence electrons. The van der Waals surface area contributed by atoms with Gasteiger partial charge in [-0.1, -0.05) is 12.1 Å². The fourth-order valence-corrected chi connectivity index (χ4v) is 1.41. The standard InChI is InChI=1S/C10H7F3N2/c11-10(12,13)7-4-3-6-2-1-5-15-9(6)8(7)14/h1-5H,14H2. The number of pyridine rings is 1. The van der Waals surface area contributed by atoms with Crippen LogP contribution in [0.25, 0.3) is 10.9 Å². The highest BCUT2D eigenvalue weighted by Crippen LogP contribution is 2.36. The van der Waals surface area contributed by atoms with Crippen LogP contribution in [0, 0.1) is 0 Å². The van der Waals surface area contributed by atoms with Gasteiger partial charge in [0.15, 0.2) is 0 Å². The highest BCUT2D eigenvalue weighted by molar-refractivity contribution is 5.91. The van der Waals surface area contributed by atoms with Gasteiger partial charge in [-0.25, -0.2) is 0 Å². The predicted octanol–water partition coefficient (Wildman–Crippen LogP) is 2.84. The summed E-state index contributed by atoms with van der Waals surface area (Å²) in [6.07, 6.45) is -3.02. The average molecular weight is 212 g/mol. The zero-order valence-corrected chi connectivity index (χ0v) is 7.55. The summed E-state index contributed by atoms with van der Waals surface area (Å²) in [5.74, 6) is 0. The smallest absolute Gasteiger partial charge is 0.396 e. The minimum atomic E-state index is -4.43. The van der Waals surface area contributed by atoms with E-state index in [0.29, 0.717) is 5.39 Å². The molecule has 0 atom stereocenters. The largest absolute Gasteiger partial charge is 0.418 e. The van der Waals surface area contributed by atoms with Crippen LogP contribution < -0.4 is 5.73 Å². The number of hydrogen-bond acceptors (Lipinski definition) is 2. The lowest BCUT2D eigenvalue weighted by Crippen LogP contribution is -2.09. The van der Waals surface area contributed by atoms with Crippen molar-refractivity contribution in [1.82, 2.24) is 4.98 Å². The normalized spacial score (nSPS) is 11.9. The number of fused-ring (bicyclic) bond motifs is 1. The second kappa shape index (κ2) is 3.12. The van der Waals surface area contributed by atoms with Crippen LogP contribution in [0.2, 0.25) is 0 Å². The van der Waals surface area contributed by atoms with E-state index in [-0.39, 0.29) is 11.2 Å². The van der Waals surface area contributed by atoms with E-state index < -0.39 is 11.7 Å². The molecule has 5 heteroatoms. The second-order valence-electron chi connectivity index (χ2n) is 3.10. The van der Waals surface area contributed by atoms with Gasteiger partial charge in [0.2, 0.25) is 0 Å². The van der Waals surface area contributed by atoms with Crippen LogP contribution >= 0.6 is 0 Å². The molecule has 15 heavy (non-hydrogen) atoms. The third kappa shape index (κ3) is 1.60. The molecule has 0 unspecified atom stereocenters. The Morgan fingerprint density at radius 2 is 1.87 bits per heavy atom. The first kappa shape index (κ1) is 9.76. The molecule has 1 aromatic carbocycles. The number of hydrogen-bond donors (Lipinski definition) is 1. The van der Waals surface area contributed by atoms with E-state index in [0.717, 1.165) is 6.07 Å². The molecule has 2 nitrogen and oxygen atoms in total. The molecule has 0 radical (unpaired) electrons. The summed E-state index contributed by atoms with van der Waals surface area (Å²) in [6.45, 7) is 0. The van der Waals surface area contributed by atoms with Crippen molar-refractivity contribution in [3.05, 3.63) is 36.0 Å². The van der Waals surface area contributed by atoms with E-state index in [2.05, 4.69) is 4.98 Å². The van der Waals surface area contributed by atoms with E-state index in [1.807, 2.05) is 0 Å². The monoisotopic (exact) mass is 212 g/mol. The molecule has 0 saturated carbocycles. The van der Waals surface area contributed by atoms with E-state index in [1.165, 1.54) is 12.3 Å². The minimum absolute atomic E-state index is 0.187. The Labute approximate surface area is 83.5 Å². The summed E-state index contributed by atoms with van der Waals surface area (Å²) in [4.78, 5) is 3.83. The molecule has 2 aromatic rings. The van der Waals surface area contributed by atoms with Gasteiger partial charge in [-0.15, -0.1) is 0 Å². The van der Waals surface area contributed by atoms with Gasteiger partial charge in [0, 0.05) is 11.6 Å². The fraction of sp³-hybridized carbons (Fsp3) is 0.100. The predicted molar refractivity (Wildman–Crippen MR) is 51.2 cm³/mol. The van der Waals surface area contributed by atoms with Crippen molar-refractivity contribution in [2.45, 2.75) is 6.18 Å². The summed E-state index contributed by atoms with van der Waals surface area (Å²) in [5.41, 5.74) is 4.45. The Balaban J connectivity index is 2.76. The van der Waals surface area contributed by atoms with E-state index >= 15 is 0 Å². The second-order valence-corrected chi connectivity index (χ2v) is 3.10. The summed E-state index contributed by atoms with van der Waals surface area (Å²) in [5, 5.41) is 0.600. The Kier molecular flexibility index (Phi) is 2.03. The SMILES string of the molecule is Nc1c(C(F)(F)F)ccc2cccnc12.